The Morgan fingerprint density at radius 2 is 2.06 bits per heavy atom. The molecule has 0 fully saturated rings. The molecule has 1 aromatic heterocycles. The van der Waals surface area contributed by atoms with Crippen LogP contribution in [0.15, 0.2) is 12.3 Å². The lowest BCUT2D eigenvalue weighted by Crippen LogP contribution is -2.40. The largest absolute Gasteiger partial charge is 0.355 e. The van der Waals surface area contributed by atoms with Crippen LogP contribution in [0.5, 0.6) is 0 Å². The normalized spacial score (nSPS) is 13.6. The van der Waals surface area contributed by atoms with Crippen LogP contribution in [0.1, 0.15) is 33.3 Å². The molecule has 1 heterocycles. The van der Waals surface area contributed by atoms with Crippen LogP contribution < -0.4 is 10.6 Å². The van der Waals surface area contributed by atoms with Gasteiger partial charge in [0.15, 0.2) is 0 Å². The van der Waals surface area contributed by atoms with E-state index in [1.54, 1.807) is 6.20 Å². The van der Waals surface area contributed by atoms with Gasteiger partial charge in [0, 0.05) is 25.8 Å². The number of pyridine rings is 1. The van der Waals surface area contributed by atoms with Gasteiger partial charge < -0.3 is 10.6 Å². The van der Waals surface area contributed by atoms with Crippen molar-refractivity contribution >= 4 is 17.4 Å². The monoisotopic (exact) mass is 255 g/mol. The quantitative estimate of drug-likeness (QED) is 0.903. The average molecular weight is 256 g/mol. The fraction of sp³-hybridized carbons (Fsp3) is 0.615. The molecule has 2 N–H and O–H groups in total. The summed E-state index contributed by atoms with van der Waals surface area (Å²) in [6.07, 6.45) is 1.76. The highest BCUT2D eigenvalue weighted by Gasteiger charge is 2.26. The topological polar surface area (TPSA) is 42.2 Å². The summed E-state index contributed by atoms with van der Waals surface area (Å²) >= 11 is 6.31. The predicted octanol–water partition coefficient (Wildman–Crippen LogP) is 3.06. The second-order valence-corrected chi connectivity index (χ2v) is 5.84. The SMILES string of the molecule is CC(N(C)c1nccc(CN)c1Cl)C(C)(C)C. The Morgan fingerprint density at radius 3 is 2.53 bits per heavy atom. The maximum atomic E-state index is 6.31. The molecule has 1 unspecified atom stereocenters. The van der Waals surface area contributed by atoms with Gasteiger partial charge in [0.1, 0.15) is 5.82 Å². The number of aromatic nitrogens is 1. The molecule has 0 radical (unpaired) electrons. The van der Waals surface area contributed by atoms with Crippen molar-refractivity contribution in [3.63, 3.8) is 0 Å². The van der Waals surface area contributed by atoms with Crippen molar-refractivity contribution in [3.8, 4) is 0 Å². The molecule has 1 atom stereocenters. The maximum absolute atomic E-state index is 6.31. The number of rotatable bonds is 3. The Labute approximate surface area is 109 Å². The van der Waals surface area contributed by atoms with E-state index in [2.05, 4.69) is 37.6 Å². The molecular weight excluding hydrogens is 234 g/mol. The first kappa shape index (κ1) is 14.3. The standard InChI is InChI=1S/C13H22ClN3/c1-9(13(2,3)4)17(5)12-11(14)10(8-15)6-7-16-12/h6-7,9H,8,15H2,1-5H3. The molecule has 1 aromatic rings. The van der Waals surface area contributed by atoms with Crippen LogP contribution in [0.25, 0.3) is 0 Å². The minimum Gasteiger partial charge on any atom is -0.355 e. The molecule has 17 heavy (non-hydrogen) atoms. The Hall–Kier alpha value is -0.800. The summed E-state index contributed by atoms with van der Waals surface area (Å²) in [5, 5.41) is 0.661. The molecule has 0 bridgehead atoms. The number of nitrogens with two attached hydrogens (primary N) is 1. The third-order valence-corrected chi connectivity index (χ3v) is 3.75. The minimum atomic E-state index is 0.165. The van der Waals surface area contributed by atoms with E-state index in [0.717, 1.165) is 11.4 Å². The Morgan fingerprint density at radius 1 is 1.47 bits per heavy atom. The molecular formula is C13H22ClN3. The van der Waals surface area contributed by atoms with Crippen molar-refractivity contribution in [2.45, 2.75) is 40.3 Å². The summed E-state index contributed by atoms with van der Waals surface area (Å²) in [6, 6.07) is 2.20. The zero-order valence-corrected chi connectivity index (χ0v) is 12.0. The highest BCUT2D eigenvalue weighted by Crippen LogP contribution is 2.31. The molecule has 0 amide bonds. The van der Waals surface area contributed by atoms with Gasteiger partial charge in [-0.2, -0.15) is 0 Å². The van der Waals surface area contributed by atoms with Gasteiger partial charge >= 0.3 is 0 Å². The minimum absolute atomic E-state index is 0.165. The van der Waals surface area contributed by atoms with Crippen molar-refractivity contribution in [3.05, 3.63) is 22.8 Å². The summed E-state index contributed by atoms with van der Waals surface area (Å²) in [5.41, 5.74) is 6.75. The van der Waals surface area contributed by atoms with E-state index in [0.29, 0.717) is 17.6 Å². The van der Waals surface area contributed by atoms with Crippen LogP contribution >= 0.6 is 11.6 Å². The molecule has 0 aromatic carbocycles. The summed E-state index contributed by atoms with van der Waals surface area (Å²) in [7, 11) is 2.02. The molecule has 0 aliphatic heterocycles. The van der Waals surface area contributed by atoms with Crippen LogP contribution in [-0.4, -0.2) is 18.1 Å². The fourth-order valence-electron chi connectivity index (χ4n) is 1.64. The first-order chi connectivity index (χ1) is 7.79. The van der Waals surface area contributed by atoms with Crippen LogP contribution in [-0.2, 0) is 6.54 Å². The number of anilines is 1. The van der Waals surface area contributed by atoms with E-state index in [9.17, 15) is 0 Å². The van der Waals surface area contributed by atoms with Crippen molar-refractivity contribution in [2.24, 2.45) is 11.1 Å². The second kappa shape index (κ2) is 5.23. The van der Waals surface area contributed by atoms with Crippen molar-refractivity contribution < 1.29 is 0 Å². The van der Waals surface area contributed by atoms with Gasteiger partial charge in [0.2, 0.25) is 0 Å². The Balaban J connectivity index is 3.08. The van der Waals surface area contributed by atoms with Crippen LogP contribution in [0, 0.1) is 5.41 Å². The summed E-state index contributed by atoms with van der Waals surface area (Å²) < 4.78 is 0. The fourth-order valence-corrected chi connectivity index (χ4v) is 1.96. The third-order valence-electron chi connectivity index (χ3n) is 3.34. The van der Waals surface area contributed by atoms with Crippen LogP contribution in [0.2, 0.25) is 5.02 Å². The molecule has 4 heteroatoms. The molecule has 1 rings (SSSR count). The Bertz CT molecular complexity index is 385. The zero-order chi connectivity index (χ0) is 13.2. The number of hydrogen-bond donors (Lipinski definition) is 1. The molecule has 0 aliphatic carbocycles. The molecule has 0 saturated heterocycles. The molecule has 0 saturated carbocycles. The summed E-state index contributed by atoms with van der Waals surface area (Å²) in [5.74, 6) is 0.803. The van der Waals surface area contributed by atoms with Gasteiger partial charge in [-0.05, 0) is 24.0 Å². The summed E-state index contributed by atoms with van der Waals surface area (Å²) in [4.78, 5) is 6.47. The smallest absolute Gasteiger partial charge is 0.147 e. The molecule has 96 valence electrons. The lowest BCUT2D eigenvalue weighted by molar-refractivity contribution is 0.328. The van der Waals surface area contributed by atoms with Gasteiger partial charge in [-0.1, -0.05) is 32.4 Å². The first-order valence-electron chi connectivity index (χ1n) is 5.85. The van der Waals surface area contributed by atoms with Gasteiger partial charge in [0.05, 0.1) is 5.02 Å². The van der Waals surface area contributed by atoms with Crippen LogP contribution in [0.4, 0.5) is 5.82 Å². The highest BCUT2D eigenvalue weighted by atomic mass is 35.5. The van der Waals surface area contributed by atoms with Gasteiger partial charge in [-0.15, -0.1) is 0 Å². The van der Waals surface area contributed by atoms with E-state index in [1.807, 2.05) is 13.1 Å². The first-order valence-corrected chi connectivity index (χ1v) is 6.23. The van der Waals surface area contributed by atoms with E-state index in [-0.39, 0.29) is 5.41 Å². The zero-order valence-electron chi connectivity index (χ0n) is 11.3. The van der Waals surface area contributed by atoms with Gasteiger partial charge in [0.25, 0.3) is 0 Å². The van der Waals surface area contributed by atoms with Gasteiger partial charge in [-0.25, -0.2) is 4.98 Å². The van der Waals surface area contributed by atoms with Crippen molar-refractivity contribution in [1.29, 1.82) is 0 Å². The van der Waals surface area contributed by atoms with E-state index in [4.69, 9.17) is 17.3 Å². The second-order valence-electron chi connectivity index (χ2n) is 5.46. The predicted molar refractivity (Wildman–Crippen MR) is 74.5 cm³/mol. The number of nitrogens with zero attached hydrogens (tertiary/aromatic N) is 2. The van der Waals surface area contributed by atoms with Gasteiger partial charge in [-0.3, -0.25) is 0 Å². The molecule has 0 spiro atoms. The highest BCUT2D eigenvalue weighted by molar-refractivity contribution is 6.33. The number of hydrogen-bond acceptors (Lipinski definition) is 3. The lowest BCUT2D eigenvalue weighted by Gasteiger charge is -2.36. The van der Waals surface area contributed by atoms with Crippen LogP contribution in [0.3, 0.4) is 0 Å². The lowest BCUT2D eigenvalue weighted by atomic mass is 9.87. The Kier molecular flexibility index (Phi) is 4.39. The van der Waals surface area contributed by atoms with Crippen molar-refractivity contribution in [2.75, 3.05) is 11.9 Å². The van der Waals surface area contributed by atoms with E-state index in [1.165, 1.54) is 0 Å². The third kappa shape index (κ3) is 3.11. The molecule has 0 aliphatic rings. The van der Waals surface area contributed by atoms with Crippen molar-refractivity contribution in [1.82, 2.24) is 4.98 Å². The maximum Gasteiger partial charge on any atom is 0.147 e. The van der Waals surface area contributed by atoms with E-state index < -0.39 is 0 Å². The average Bonchev–Trinajstić information content (AvgIpc) is 2.26. The van der Waals surface area contributed by atoms with E-state index >= 15 is 0 Å². The summed E-state index contributed by atoms with van der Waals surface area (Å²) in [6.45, 7) is 9.22. The number of halogens is 1. The molecule has 3 nitrogen and oxygen atoms in total.